The number of hydrogen-bond acceptors (Lipinski definition) is 3. The molecule has 1 aliphatic carbocycles. The van der Waals surface area contributed by atoms with Gasteiger partial charge in [-0.3, -0.25) is 4.79 Å². The van der Waals surface area contributed by atoms with Gasteiger partial charge in [0.05, 0.1) is 6.10 Å². The Bertz CT molecular complexity index is 645. The van der Waals surface area contributed by atoms with Crippen molar-refractivity contribution in [3.63, 3.8) is 0 Å². The molecular formula is C26H42N2O2. The molecule has 168 valence electrons. The number of ether oxygens (including phenoxy) is 1. The Hall–Kier alpha value is -2.07. The van der Waals surface area contributed by atoms with Crippen LogP contribution in [0.3, 0.4) is 0 Å². The minimum atomic E-state index is 0.211. The highest BCUT2D eigenvalue weighted by atomic mass is 16.5. The number of nitrogens with one attached hydrogen (secondary N) is 1. The molecule has 2 rings (SSSR count). The summed E-state index contributed by atoms with van der Waals surface area (Å²) in [5, 5.41) is 2.63. The predicted molar refractivity (Wildman–Crippen MR) is 128 cm³/mol. The summed E-state index contributed by atoms with van der Waals surface area (Å²) in [6.45, 7) is 7.41. The number of carbonyl (C=O) groups is 1. The molecule has 1 unspecified atom stereocenters. The van der Waals surface area contributed by atoms with Gasteiger partial charge in [0.25, 0.3) is 0 Å². The molecular weight excluding hydrogens is 372 g/mol. The first kappa shape index (κ1) is 26.0. The molecule has 1 N–H and O–H groups in total. The highest BCUT2D eigenvalue weighted by Gasteiger charge is 2.39. The fourth-order valence-electron chi connectivity index (χ4n) is 4.07. The molecule has 0 saturated carbocycles. The van der Waals surface area contributed by atoms with E-state index in [4.69, 9.17) is 4.74 Å². The topological polar surface area (TPSA) is 41.6 Å². The molecule has 0 aromatic rings. The van der Waals surface area contributed by atoms with Crippen molar-refractivity contribution >= 4 is 6.41 Å². The van der Waals surface area contributed by atoms with E-state index in [1.165, 1.54) is 24.1 Å². The second kappa shape index (κ2) is 14.8. The number of amides is 1. The maximum absolute atomic E-state index is 9.84. The standard InChI is InChI=1S/C16H25NO.C10H17NO/c1-5-11-16(2)12-15(18-4)13-9-7-6-8-10-14(13)17(16)3;1-2-3-4-5-6-7-8-9-11-10-12/h6-8,10,15H,5,9,11-12H2,1-4H3;2-5,10H,6-9H2,1H3,(H,11,12)/b;3-2-,5-4-/t15-,16?;/m0./s1. The van der Waals surface area contributed by atoms with Crippen LogP contribution in [0.2, 0.25) is 0 Å². The molecule has 0 bridgehead atoms. The number of allylic oxidation sites excluding steroid dienone is 8. The fourth-order valence-corrected chi connectivity index (χ4v) is 4.07. The Morgan fingerprint density at radius 3 is 2.77 bits per heavy atom. The van der Waals surface area contributed by atoms with Crippen LogP contribution in [0.1, 0.15) is 65.7 Å². The molecule has 2 atom stereocenters. The molecule has 0 radical (unpaired) electrons. The van der Waals surface area contributed by atoms with Crippen LogP contribution in [0.4, 0.5) is 0 Å². The second-order valence-electron chi connectivity index (χ2n) is 8.16. The monoisotopic (exact) mass is 414 g/mol. The third-order valence-corrected chi connectivity index (χ3v) is 5.89. The largest absolute Gasteiger partial charge is 0.377 e. The van der Waals surface area contributed by atoms with E-state index in [1.54, 1.807) is 0 Å². The molecule has 1 amide bonds. The molecule has 0 aromatic carbocycles. The number of methoxy groups -OCH3 is 1. The van der Waals surface area contributed by atoms with Gasteiger partial charge < -0.3 is 15.0 Å². The Kier molecular flexibility index (Phi) is 12.8. The van der Waals surface area contributed by atoms with Gasteiger partial charge in [0.15, 0.2) is 0 Å². The lowest BCUT2D eigenvalue weighted by atomic mass is 9.80. The van der Waals surface area contributed by atoms with Crippen molar-refractivity contribution in [1.29, 1.82) is 0 Å². The van der Waals surface area contributed by atoms with Gasteiger partial charge in [-0.1, -0.05) is 55.9 Å². The van der Waals surface area contributed by atoms with Crippen molar-refractivity contribution in [2.24, 2.45) is 0 Å². The van der Waals surface area contributed by atoms with Crippen LogP contribution >= 0.6 is 0 Å². The van der Waals surface area contributed by atoms with Crippen molar-refractivity contribution in [3.8, 4) is 0 Å². The van der Waals surface area contributed by atoms with E-state index >= 15 is 0 Å². The highest BCUT2D eigenvalue weighted by Crippen LogP contribution is 2.40. The van der Waals surface area contributed by atoms with Gasteiger partial charge in [-0.15, -0.1) is 0 Å². The Morgan fingerprint density at radius 2 is 2.10 bits per heavy atom. The lowest BCUT2D eigenvalue weighted by molar-refractivity contribution is -0.109. The first-order chi connectivity index (χ1) is 14.5. The third kappa shape index (κ3) is 8.35. The Labute approximate surface area is 184 Å². The van der Waals surface area contributed by atoms with E-state index in [0.29, 0.717) is 0 Å². The van der Waals surface area contributed by atoms with Gasteiger partial charge in [0.2, 0.25) is 6.41 Å². The summed E-state index contributed by atoms with van der Waals surface area (Å²) < 4.78 is 5.75. The van der Waals surface area contributed by atoms with Gasteiger partial charge in [-0.2, -0.15) is 0 Å². The van der Waals surface area contributed by atoms with Crippen LogP contribution in [-0.4, -0.2) is 43.7 Å². The fraction of sp³-hybridized carbons (Fsp3) is 0.577. The number of carbonyl (C=O) groups excluding carboxylic acids is 1. The van der Waals surface area contributed by atoms with Crippen molar-refractivity contribution in [2.75, 3.05) is 20.7 Å². The summed E-state index contributed by atoms with van der Waals surface area (Å²) >= 11 is 0. The second-order valence-corrected chi connectivity index (χ2v) is 8.16. The van der Waals surface area contributed by atoms with E-state index in [9.17, 15) is 4.79 Å². The summed E-state index contributed by atoms with van der Waals surface area (Å²) in [5.41, 5.74) is 3.00. The zero-order chi connectivity index (χ0) is 22.2. The maximum Gasteiger partial charge on any atom is 0.207 e. The average Bonchev–Trinajstić information content (AvgIpc) is 3.00. The van der Waals surface area contributed by atoms with E-state index < -0.39 is 0 Å². The lowest BCUT2D eigenvalue weighted by Crippen LogP contribution is -2.50. The van der Waals surface area contributed by atoms with Gasteiger partial charge in [-0.05, 0) is 57.6 Å². The molecule has 1 aliphatic heterocycles. The van der Waals surface area contributed by atoms with Crippen LogP contribution in [0.5, 0.6) is 0 Å². The van der Waals surface area contributed by atoms with Crippen molar-refractivity contribution < 1.29 is 9.53 Å². The summed E-state index contributed by atoms with van der Waals surface area (Å²) in [6, 6.07) is 0. The molecule has 4 heteroatoms. The number of rotatable bonds is 10. The minimum absolute atomic E-state index is 0.211. The van der Waals surface area contributed by atoms with Crippen LogP contribution in [-0.2, 0) is 9.53 Å². The van der Waals surface area contributed by atoms with Gasteiger partial charge in [0.1, 0.15) is 0 Å². The van der Waals surface area contributed by atoms with Gasteiger partial charge in [0, 0.05) is 38.4 Å². The molecule has 4 nitrogen and oxygen atoms in total. The van der Waals surface area contributed by atoms with E-state index in [-0.39, 0.29) is 11.6 Å². The van der Waals surface area contributed by atoms with Crippen LogP contribution in [0, 0.1) is 0 Å². The zero-order valence-corrected chi connectivity index (χ0v) is 19.7. The summed E-state index contributed by atoms with van der Waals surface area (Å²) in [5.74, 6) is 0. The third-order valence-electron chi connectivity index (χ3n) is 5.89. The molecule has 1 heterocycles. The Morgan fingerprint density at radius 1 is 1.30 bits per heavy atom. The number of unbranched alkanes of at least 4 members (excludes halogenated alkanes) is 2. The Balaban J connectivity index is 0.000000329. The van der Waals surface area contributed by atoms with Crippen molar-refractivity contribution in [2.45, 2.75) is 77.4 Å². The van der Waals surface area contributed by atoms with E-state index in [2.05, 4.69) is 61.5 Å². The van der Waals surface area contributed by atoms with Crippen LogP contribution < -0.4 is 5.32 Å². The maximum atomic E-state index is 9.84. The van der Waals surface area contributed by atoms with Gasteiger partial charge in [-0.25, -0.2) is 0 Å². The number of nitrogens with zero attached hydrogens (tertiary/aromatic N) is 1. The smallest absolute Gasteiger partial charge is 0.207 e. The molecule has 30 heavy (non-hydrogen) atoms. The molecule has 0 aromatic heterocycles. The highest BCUT2D eigenvalue weighted by molar-refractivity contribution is 5.45. The van der Waals surface area contributed by atoms with Crippen molar-refractivity contribution in [3.05, 3.63) is 59.9 Å². The van der Waals surface area contributed by atoms with Crippen LogP contribution in [0.25, 0.3) is 0 Å². The lowest BCUT2D eigenvalue weighted by Gasteiger charge is -2.48. The molecule has 2 aliphatic rings. The van der Waals surface area contributed by atoms with Crippen LogP contribution in [0.15, 0.2) is 59.9 Å². The zero-order valence-electron chi connectivity index (χ0n) is 19.7. The normalized spacial score (nSPS) is 23.4. The van der Waals surface area contributed by atoms with Gasteiger partial charge >= 0.3 is 0 Å². The summed E-state index contributed by atoms with van der Waals surface area (Å²) in [6.07, 6.45) is 25.8. The molecule has 0 spiro atoms. The molecule has 0 fully saturated rings. The molecule has 0 saturated heterocycles. The first-order valence-corrected chi connectivity index (χ1v) is 11.3. The number of hydrogen-bond donors (Lipinski definition) is 1. The predicted octanol–water partition coefficient (Wildman–Crippen LogP) is 5.70. The SMILES string of the molecule is C/C=C\C=C/CCCCNC=O.CCCC1(C)C[C@H](OC)C2=C(C=CC=CC2)N1C. The van der Waals surface area contributed by atoms with E-state index in [1.807, 2.05) is 32.3 Å². The van der Waals surface area contributed by atoms with Crippen molar-refractivity contribution in [1.82, 2.24) is 10.2 Å². The summed E-state index contributed by atoms with van der Waals surface area (Å²) in [7, 11) is 4.07. The number of likely N-dealkylation sites (N-methyl/N-ethyl adjacent to an activating group) is 1. The minimum Gasteiger partial charge on any atom is -0.377 e. The summed E-state index contributed by atoms with van der Waals surface area (Å²) in [4.78, 5) is 12.3. The quantitative estimate of drug-likeness (QED) is 0.283. The van der Waals surface area contributed by atoms with E-state index in [0.717, 1.165) is 45.1 Å². The average molecular weight is 415 g/mol. The first-order valence-electron chi connectivity index (χ1n) is 11.3.